The van der Waals surface area contributed by atoms with E-state index in [2.05, 4.69) is 15.9 Å². The first-order chi connectivity index (χ1) is 13.0. The molecule has 27 heavy (non-hydrogen) atoms. The summed E-state index contributed by atoms with van der Waals surface area (Å²) in [5, 5.41) is 0. The fraction of sp³-hybridized carbons (Fsp3) is 0.400. The van der Waals surface area contributed by atoms with Crippen LogP contribution in [0.2, 0.25) is 4.34 Å². The second-order valence-corrected chi connectivity index (χ2v) is 9.35. The third kappa shape index (κ3) is 5.12. The second-order valence-electron chi connectivity index (χ2n) is 6.63. The van der Waals surface area contributed by atoms with E-state index in [0.717, 1.165) is 13.7 Å². The van der Waals surface area contributed by atoms with Gasteiger partial charge in [0.05, 0.1) is 10.9 Å². The lowest BCUT2D eigenvalue weighted by atomic mass is 9.94. The highest BCUT2D eigenvalue weighted by Gasteiger charge is 2.30. The minimum absolute atomic E-state index is 0.0191. The Bertz CT molecular complexity index is 801. The molecule has 0 unspecified atom stereocenters. The Labute approximate surface area is 177 Å². The van der Waals surface area contributed by atoms with Gasteiger partial charge in [-0.15, -0.1) is 11.3 Å². The average molecular weight is 470 g/mol. The van der Waals surface area contributed by atoms with E-state index in [-0.39, 0.29) is 17.7 Å². The minimum atomic E-state index is -0.0191. The molecule has 0 spiro atoms. The number of hydrogen-bond acceptors (Lipinski definition) is 3. The molecule has 1 aromatic heterocycles. The molecule has 2 heterocycles. The van der Waals surface area contributed by atoms with Crippen molar-refractivity contribution in [2.45, 2.75) is 26.3 Å². The fourth-order valence-corrected chi connectivity index (χ4v) is 4.70. The topological polar surface area (TPSA) is 40.6 Å². The number of carbonyl (C=O) groups excluding carboxylic acids is 2. The van der Waals surface area contributed by atoms with Crippen LogP contribution in [0.15, 0.2) is 40.9 Å². The molecule has 1 fully saturated rings. The Kier molecular flexibility index (Phi) is 6.95. The summed E-state index contributed by atoms with van der Waals surface area (Å²) in [5.41, 5.74) is 0.688. The van der Waals surface area contributed by atoms with E-state index in [1.165, 1.54) is 11.3 Å². The van der Waals surface area contributed by atoms with Gasteiger partial charge in [-0.1, -0.05) is 27.5 Å². The number of amides is 2. The van der Waals surface area contributed by atoms with E-state index in [1.807, 2.05) is 53.1 Å². The molecule has 3 rings (SSSR count). The minimum Gasteiger partial charge on any atom is -0.339 e. The Morgan fingerprint density at radius 3 is 2.41 bits per heavy atom. The highest BCUT2D eigenvalue weighted by Crippen LogP contribution is 2.26. The molecule has 7 heteroatoms. The van der Waals surface area contributed by atoms with Crippen molar-refractivity contribution in [3.8, 4) is 0 Å². The number of rotatable bonds is 5. The quantitative estimate of drug-likeness (QED) is 0.614. The van der Waals surface area contributed by atoms with Gasteiger partial charge in [0.1, 0.15) is 0 Å². The molecule has 0 radical (unpaired) electrons. The molecule has 2 amide bonds. The van der Waals surface area contributed by atoms with E-state index < -0.39 is 0 Å². The van der Waals surface area contributed by atoms with Gasteiger partial charge in [-0.2, -0.15) is 0 Å². The highest BCUT2D eigenvalue weighted by molar-refractivity contribution is 9.10. The van der Waals surface area contributed by atoms with Crippen LogP contribution in [0.5, 0.6) is 0 Å². The van der Waals surface area contributed by atoms with Crippen LogP contribution in [0.3, 0.4) is 0 Å². The largest absolute Gasteiger partial charge is 0.339 e. The van der Waals surface area contributed by atoms with E-state index in [1.54, 1.807) is 0 Å². The summed E-state index contributed by atoms with van der Waals surface area (Å²) in [7, 11) is 0. The van der Waals surface area contributed by atoms with Crippen molar-refractivity contribution >= 4 is 50.7 Å². The Hall–Kier alpha value is -1.37. The molecule has 144 valence electrons. The van der Waals surface area contributed by atoms with Gasteiger partial charge in [0.2, 0.25) is 5.91 Å². The Balaban J connectivity index is 1.56. The van der Waals surface area contributed by atoms with Gasteiger partial charge in [-0.25, -0.2) is 0 Å². The van der Waals surface area contributed by atoms with Gasteiger partial charge >= 0.3 is 0 Å². The average Bonchev–Trinajstić information content (AvgIpc) is 3.10. The molecule has 0 atom stereocenters. The van der Waals surface area contributed by atoms with Crippen LogP contribution in [0, 0.1) is 5.92 Å². The molecule has 1 aliphatic heterocycles. The number of benzene rings is 1. The molecule has 0 bridgehead atoms. The Morgan fingerprint density at radius 2 is 1.85 bits per heavy atom. The van der Waals surface area contributed by atoms with Crippen molar-refractivity contribution in [2.75, 3.05) is 19.6 Å². The fourth-order valence-electron chi connectivity index (χ4n) is 3.33. The summed E-state index contributed by atoms with van der Waals surface area (Å²) in [4.78, 5) is 30.4. The van der Waals surface area contributed by atoms with Crippen LogP contribution in [0.25, 0.3) is 0 Å². The van der Waals surface area contributed by atoms with E-state index in [9.17, 15) is 9.59 Å². The summed E-state index contributed by atoms with van der Waals surface area (Å²) in [6.07, 6.45) is 1.42. The molecule has 2 aromatic rings. The molecule has 0 aliphatic carbocycles. The normalized spacial score (nSPS) is 15.0. The van der Waals surface area contributed by atoms with E-state index in [4.69, 9.17) is 11.6 Å². The number of hydrogen-bond donors (Lipinski definition) is 0. The van der Waals surface area contributed by atoms with Crippen molar-refractivity contribution in [1.29, 1.82) is 0 Å². The van der Waals surface area contributed by atoms with Crippen molar-refractivity contribution < 1.29 is 9.59 Å². The van der Waals surface area contributed by atoms with Crippen LogP contribution in [0.4, 0.5) is 0 Å². The summed E-state index contributed by atoms with van der Waals surface area (Å²) < 4.78 is 1.70. The maximum absolute atomic E-state index is 12.9. The predicted octanol–water partition coefficient (Wildman–Crippen LogP) is 5.06. The van der Waals surface area contributed by atoms with Crippen LogP contribution in [-0.2, 0) is 11.3 Å². The molecule has 0 N–H and O–H groups in total. The number of piperidine rings is 1. The van der Waals surface area contributed by atoms with Crippen molar-refractivity contribution in [3.63, 3.8) is 0 Å². The van der Waals surface area contributed by atoms with Gasteiger partial charge in [0.15, 0.2) is 0 Å². The maximum Gasteiger partial charge on any atom is 0.253 e. The molecule has 4 nitrogen and oxygen atoms in total. The van der Waals surface area contributed by atoms with Gasteiger partial charge in [0, 0.05) is 40.5 Å². The number of thiophene rings is 1. The van der Waals surface area contributed by atoms with Gasteiger partial charge < -0.3 is 9.80 Å². The van der Waals surface area contributed by atoms with Crippen LogP contribution in [-0.4, -0.2) is 41.2 Å². The predicted molar refractivity (Wildman–Crippen MR) is 113 cm³/mol. The number of carbonyl (C=O) groups is 2. The van der Waals surface area contributed by atoms with Crippen molar-refractivity contribution in [1.82, 2.24) is 9.80 Å². The zero-order chi connectivity index (χ0) is 19.4. The summed E-state index contributed by atoms with van der Waals surface area (Å²) >= 11 is 10.9. The van der Waals surface area contributed by atoms with Gasteiger partial charge in [-0.05, 0) is 56.2 Å². The highest BCUT2D eigenvalue weighted by atomic mass is 79.9. The third-order valence-electron chi connectivity index (χ3n) is 4.89. The lowest BCUT2D eigenvalue weighted by Crippen LogP contribution is -2.44. The first kappa shape index (κ1) is 20.4. The molecule has 0 saturated carbocycles. The lowest BCUT2D eigenvalue weighted by Gasteiger charge is -2.34. The number of likely N-dealkylation sites (tertiary alicyclic amines) is 1. The Morgan fingerprint density at radius 1 is 1.19 bits per heavy atom. The molecule has 1 aromatic carbocycles. The van der Waals surface area contributed by atoms with Gasteiger partial charge in [0.25, 0.3) is 5.91 Å². The number of nitrogens with zero attached hydrogens (tertiary/aromatic N) is 2. The van der Waals surface area contributed by atoms with Gasteiger partial charge in [-0.3, -0.25) is 9.59 Å². The standard InChI is InChI=1S/C20H22BrClN2O2S/c1-2-23(13-17-7-8-18(22)27-17)19(25)15-9-11-24(12-10-15)20(26)14-3-5-16(21)6-4-14/h3-8,15H,2,9-13H2,1H3. The summed E-state index contributed by atoms with van der Waals surface area (Å²) in [6, 6.07) is 11.2. The molecular formula is C20H22BrClN2O2S. The maximum atomic E-state index is 12.9. The smallest absolute Gasteiger partial charge is 0.253 e. The van der Waals surface area contributed by atoms with E-state index >= 15 is 0 Å². The van der Waals surface area contributed by atoms with Crippen LogP contribution in [0.1, 0.15) is 35.0 Å². The monoisotopic (exact) mass is 468 g/mol. The molecule has 1 aliphatic rings. The summed E-state index contributed by atoms with van der Waals surface area (Å²) in [5.74, 6) is 0.195. The second kappa shape index (κ2) is 9.22. The zero-order valence-electron chi connectivity index (χ0n) is 15.2. The van der Waals surface area contributed by atoms with E-state index in [0.29, 0.717) is 44.6 Å². The first-order valence-electron chi connectivity index (χ1n) is 9.05. The number of halogens is 2. The SMILES string of the molecule is CCN(Cc1ccc(Cl)s1)C(=O)C1CCN(C(=O)c2ccc(Br)cc2)CC1. The van der Waals surface area contributed by atoms with Crippen molar-refractivity contribution in [2.24, 2.45) is 5.92 Å². The summed E-state index contributed by atoms with van der Waals surface area (Å²) in [6.45, 7) is 4.51. The molecule has 1 saturated heterocycles. The van der Waals surface area contributed by atoms with Crippen LogP contribution >= 0.6 is 38.9 Å². The third-order valence-corrected chi connectivity index (χ3v) is 6.64. The molecular weight excluding hydrogens is 448 g/mol. The zero-order valence-corrected chi connectivity index (χ0v) is 18.3. The lowest BCUT2D eigenvalue weighted by molar-refractivity contribution is -0.137. The van der Waals surface area contributed by atoms with Crippen LogP contribution < -0.4 is 0 Å². The first-order valence-corrected chi connectivity index (χ1v) is 11.0. The van der Waals surface area contributed by atoms with Crippen molar-refractivity contribution in [3.05, 3.63) is 55.6 Å².